The van der Waals surface area contributed by atoms with Gasteiger partial charge >= 0.3 is 0 Å². The third-order valence-corrected chi connectivity index (χ3v) is 3.91. The van der Waals surface area contributed by atoms with Crippen LogP contribution >= 0.6 is 0 Å². The predicted molar refractivity (Wildman–Crippen MR) is 87.1 cm³/mol. The molecule has 0 unspecified atom stereocenters. The zero-order valence-electron chi connectivity index (χ0n) is 12.7. The van der Waals surface area contributed by atoms with Crippen LogP contribution in [0.25, 0.3) is 5.70 Å². The van der Waals surface area contributed by atoms with Gasteiger partial charge in [0.05, 0.1) is 4.92 Å². The van der Waals surface area contributed by atoms with Crippen LogP contribution in [0.4, 0.5) is 16.0 Å². The van der Waals surface area contributed by atoms with Crippen LogP contribution in [0.1, 0.15) is 17.2 Å². The molecule has 0 bridgehead atoms. The molecule has 2 aromatic carbocycles. The highest BCUT2D eigenvalue weighted by Gasteiger charge is 2.25. The Labute approximate surface area is 140 Å². The highest BCUT2D eigenvalue weighted by atomic mass is 19.1. The number of benzene rings is 2. The fraction of sp³-hybridized carbons (Fsp3) is 0.0625. The van der Waals surface area contributed by atoms with E-state index in [4.69, 9.17) is 0 Å². The predicted octanol–water partition coefficient (Wildman–Crippen LogP) is 2.78. The third kappa shape index (κ3) is 2.71. The van der Waals surface area contributed by atoms with Crippen molar-refractivity contribution in [1.82, 2.24) is 20.2 Å². The number of nitrogens with zero attached hydrogens (tertiary/aromatic N) is 5. The van der Waals surface area contributed by atoms with Crippen LogP contribution < -0.4 is 5.32 Å². The quantitative estimate of drug-likeness (QED) is 0.582. The molecule has 124 valence electrons. The normalized spacial score (nSPS) is 15.9. The highest BCUT2D eigenvalue weighted by Crippen LogP contribution is 2.32. The summed E-state index contributed by atoms with van der Waals surface area (Å²) in [6.45, 7) is 0. The van der Waals surface area contributed by atoms with Crippen LogP contribution in [0.3, 0.4) is 0 Å². The molecule has 4 rings (SSSR count). The van der Waals surface area contributed by atoms with Crippen molar-refractivity contribution in [3.8, 4) is 0 Å². The molecule has 2 heterocycles. The number of nitro groups is 1. The summed E-state index contributed by atoms with van der Waals surface area (Å²) in [7, 11) is 0. The number of nitrogens with one attached hydrogen (secondary N) is 1. The molecule has 0 fully saturated rings. The minimum atomic E-state index is -0.449. The van der Waals surface area contributed by atoms with Gasteiger partial charge in [0.2, 0.25) is 5.95 Å². The summed E-state index contributed by atoms with van der Waals surface area (Å²) in [5, 5.41) is 25.7. The summed E-state index contributed by atoms with van der Waals surface area (Å²) >= 11 is 0. The molecule has 25 heavy (non-hydrogen) atoms. The SMILES string of the molecule is O=[N+]([O-])c1cccc([C@H]2C=C(c3ccc(F)cc3)Nc3nnnn32)c1. The van der Waals surface area contributed by atoms with Crippen molar-refractivity contribution >= 4 is 17.3 Å². The van der Waals surface area contributed by atoms with Crippen LogP contribution in [-0.4, -0.2) is 25.1 Å². The first-order valence-electron chi connectivity index (χ1n) is 7.39. The summed E-state index contributed by atoms with van der Waals surface area (Å²) in [5.74, 6) is 0.0681. The Hall–Kier alpha value is -3.62. The van der Waals surface area contributed by atoms with E-state index in [1.807, 2.05) is 6.08 Å². The van der Waals surface area contributed by atoms with Crippen LogP contribution in [0.15, 0.2) is 54.6 Å². The van der Waals surface area contributed by atoms with Crippen LogP contribution in [-0.2, 0) is 0 Å². The van der Waals surface area contributed by atoms with Gasteiger partial charge in [-0.2, -0.15) is 4.68 Å². The maximum Gasteiger partial charge on any atom is 0.269 e. The van der Waals surface area contributed by atoms with Gasteiger partial charge in [-0.15, -0.1) is 0 Å². The van der Waals surface area contributed by atoms with E-state index in [0.29, 0.717) is 17.2 Å². The fourth-order valence-electron chi connectivity index (χ4n) is 2.71. The Kier molecular flexibility index (Phi) is 3.46. The average molecular weight is 338 g/mol. The number of non-ortho nitro benzene ring substituents is 1. The first-order valence-corrected chi connectivity index (χ1v) is 7.39. The molecule has 3 aromatic rings. The molecule has 8 nitrogen and oxygen atoms in total. The summed E-state index contributed by atoms with van der Waals surface area (Å²) in [6.07, 6.45) is 1.84. The lowest BCUT2D eigenvalue weighted by Crippen LogP contribution is -2.20. The molecule has 1 aromatic heterocycles. The first-order chi connectivity index (χ1) is 12.1. The summed E-state index contributed by atoms with van der Waals surface area (Å²) in [4.78, 5) is 10.6. The minimum absolute atomic E-state index is 0.0117. The van der Waals surface area contributed by atoms with Crippen molar-refractivity contribution in [3.63, 3.8) is 0 Å². The molecule has 1 atom stereocenters. The van der Waals surface area contributed by atoms with Gasteiger partial charge in [0.1, 0.15) is 11.9 Å². The molecular formula is C16H11FN6O2. The van der Waals surface area contributed by atoms with E-state index >= 15 is 0 Å². The van der Waals surface area contributed by atoms with Crippen molar-refractivity contribution in [3.05, 3.63) is 81.7 Å². The number of tetrazole rings is 1. The standard InChI is InChI=1S/C16H11FN6O2/c17-12-6-4-10(5-7-12)14-9-15(22-16(18-14)19-20-21-22)11-2-1-3-13(8-11)23(24)25/h1-9,15H,(H,18,19,21)/t15-/m1/s1. The van der Waals surface area contributed by atoms with E-state index in [0.717, 1.165) is 5.56 Å². The van der Waals surface area contributed by atoms with E-state index in [2.05, 4.69) is 20.8 Å². The lowest BCUT2D eigenvalue weighted by molar-refractivity contribution is -0.384. The Morgan fingerprint density at radius 1 is 1.20 bits per heavy atom. The summed E-state index contributed by atoms with van der Waals surface area (Å²) < 4.78 is 14.7. The molecule has 1 N–H and O–H groups in total. The number of rotatable bonds is 3. The second kappa shape index (κ2) is 5.78. The van der Waals surface area contributed by atoms with Crippen molar-refractivity contribution in [2.75, 3.05) is 5.32 Å². The van der Waals surface area contributed by atoms with Gasteiger partial charge in [0, 0.05) is 17.8 Å². The molecule has 0 aliphatic carbocycles. The average Bonchev–Trinajstić information content (AvgIpc) is 3.10. The maximum atomic E-state index is 13.2. The van der Waals surface area contributed by atoms with Crippen molar-refractivity contribution in [2.45, 2.75) is 6.04 Å². The zero-order chi connectivity index (χ0) is 17.4. The molecular weight excluding hydrogens is 327 g/mol. The third-order valence-electron chi connectivity index (χ3n) is 3.91. The van der Waals surface area contributed by atoms with Crippen molar-refractivity contribution in [2.24, 2.45) is 0 Å². The molecule has 1 aliphatic heterocycles. The van der Waals surface area contributed by atoms with Crippen LogP contribution in [0, 0.1) is 15.9 Å². The minimum Gasteiger partial charge on any atom is -0.323 e. The van der Waals surface area contributed by atoms with Gasteiger partial charge in [-0.3, -0.25) is 10.1 Å². The van der Waals surface area contributed by atoms with Crippen molar-refractivity contribution < 1.29 is 9.31 Å². The Balaban J connectivity index is 1.81. The Morgan fingerprint density at radius 3 is 2.76 bits per heavy atom. The second-order valence-electron chi connectivity index (χ2n) is 5.46. The molecule has 0 amide bonds. The second-order valence-corrected chi connectivity index (χ2v) is 5.46. The smallest absolute Gasteiger partial charge is 0.269 e. The first kappa shape index (κ1) is 14.9. The highest BCUT2D eigenvalue weighted by molar-refractivity contribution is 5.76. The van der Waals surface area contributed by atoms with Crippen LogP contribution in [0.2, 0.25) is 0 Å². The Bertz CT molecular complexity index is 982. The number of hydrogen-bond acceptors (Lipinski definition) is 6. The van der Waals surface area contributed by atoms with Gasteiger partial charge < -0.3 is 5.32 Å². The largest absolute Gasteiger partial charge is 0.323 e. The van der Waals surface area contributed by atoms with Gasteiger partial charge in [-0.25, -0.2) is 4.39 Å². The zero-order valence-corrected chi connectivity index (χ0v) is 12.7. The monoisotopic (exact) mass is 338 g/mol. The number of anilines is 1. The summed E-state index contributed by atoms with van der Waals surface area (Å²) in [6, 6.07) is 11.9. The summed E-state index contributed by atoms with van der Waals surface area (Å²) in [5.41, 5.74) is 2.11. The van der Waals surface area contributed by atoms with Gasteiger partial charge in [0.15, 0.2) is 0 Å². The number of fused-ring (bicyclic) bond motifs is 1. The number of aromatic nitrogens is 4. The maximum absolute atomic E-state index is 13.2. The van der Waals surface area contributed by atoms with E-state index in [-0.39, 0.29) is 11.5 Å². The van der Waals surface area contributed by atoms with E-state index in [1.54, 1.807) is 24.3 Å². The number of nitro benzene ring substituents is 1. The molecule has 9 heteroatoms. The number of hydrogen-bond donors (Lipinski definition) is 1. The molecule has 0 spiro atoms. The van der Waals surface area contributed by atoms with Crippen molar-refractivity contribution in [1.29, 1.82) is 0 Å². The molecule has 1 aliphatic rings. The number of allylic oxidation sites excluding steroid dienone is 1. The van der Waals surface area contributed by atoms with E-state index in [1.165, 1.54) is 28.9 Å². The van der Waals surface area contributed by atoms with E-state index < -0.39 is 11.0 Å². The topological polar surface area (TPSA) is 98.8 Å². The van der Waals surface area contributed by atoms with E-state index in [9.17, 15) is 14.5 Å². The molecule has 0 radical (unpaired) electrons. The molecule has 0 saturated carbocycles. The lowest BCUT2D eigenvalue weighted by Gasteiger charge is -2.23. The number of halogens is 1. The lowest BCUT2D eigenvalue weighted by atomic mass is 10.0. The van der Waals surface area contributed by atoms with Gasteiger partial charge in [0.25, 0.3) is 5.69 Å². The molecule has 0 saturated heterocycles. The van der Waals surface area contributed by atoms with Crippen LogP contribution in [0.5, 0.6) is 0 Å². The fourth-order valence-corrected chi connectivity index (χ4v) is 2.71. The Morgan fingerprint density at radius 2 is 2.00 bits per heavy atom. The van der Waals surface area contributed by atoms with Gasteiger partial charge in [-0.05, 0) is 51.9 Å². The van der Waals surface area contributed by atoms with Gasteiger partial charge in [-0.1, -0.05) is 17.2 Å².